The highest BCUT2D eigenvalue weighted by Crippen LogP contribution is 2.29. The zero-order valence-electron chi connectivity index (χ0n) is 17.6. The predicted molar refractivity (Wildman–Crippen MR) is 129 cm³/mol. The van der Waals surface area contributed by atoms with Gasteiger partial charge in [-0.15, -0.1) is 10.2 Å². The molecule has 0 spiro atoms. The van der Waals surface area contributed by atoms with E-state index >= 15 is 0 Å². The average Bonchev–Trinajstić information content (AvgIpc) is 3.22. The number of nitrogens with zero attached hydrogens (tertiary/aromatic N) is 3. The predicted octanol–water partition coefficient (Wildman–Crippen LogP) is 5.64. The zero-order valence-corrected chi connectivity index (χ0v) is 19.2. The molecule has 1 N–H and O–H groups in total. The molecule has 1 heterocycles. The quantitative estimate of drug-likeness (QED) is 0.359. The summed E-state index contributed by atoms with van der Waals surface area (Å²) in [6, 6.07) is 22.7. The largest absolute Gasteiger partial charge is 0.497 e. The van der Waals surface area contributed by atoms with Crippen LogP contribution in [0.5, 0.6) is 5.75 Å². The Bertz CT molecular complexity index is 1220. The van der Waals surface area contributed by atoms with Crippen LogP contribution >= 0.6 is 23.4 Å². The van der Waals surface area contributed by atoms with Gasteiger partial charge in [0.1, 0.15) is 5.75 Å². The molecule has 0 aliphatic heterocycles. The number of hydrogen-bond donors (Lipinski definition) is 1. The van der Waals surface area contributed by atoms with Crippen LogP contribution in [-0.4, -0.2) is 33.5 Å². The maximum absolute atomic E-state index is 12.5. The third-order valence-corrected chi connectivity index (χ3v) is 5.88. The summed E-state index contributed by atoms with van der Waals surface area (Å²) in [7, 11) is 1.63. The minimum atomic E-state index is -0.114. The molecule has 8 heteroatoms. The number of carbonyl (C=O) groups excluding carboxylic acids is 1. The Kier molecular flexibility index (Phi) is 6.78. The number of benzene rings is 3. The topological polar surface area (TPSA) is 69.0 Å². The van der Waals surface area contributed by atoms with E-state index in [1.807, 2.05) is 84.3 Å². The summed E-state index contributed by atoms with van der Waals surface area (Å²) in [6.07, 6.45) is 0. The van der Waals surface area contributed by atoms with Gasteiger partial charge in [-0.05, 0) is 73.2 Å². The molecule has 0 atom stereocenters. The van der Waals surface area contributed by atoms with Crippen molar-refractivity contribution < 1.29 is 9.53 Å². The molecule has 3 aromatic carbocycles. The SMILES string of the molecule is COc1ccc(-c2nnc(SCC(=O)Nc3cccc(C)c3)n2-c2ccc(Cl)cc2)cc1. The third-order valence-electron chi connectivity index (χ3n) is 4.70. The molecule has 32 heavy (non-hydrogen) atoms. The van der Waals surface area contributed by atoms with Crippen LogP contribution in [0.25, 0.3) is 17.1 Å². The first-order valence-electron chi connectivity index (χ1n) is 9.88. The van der Waals surface area contributed by atoms with Crippen LogP contribution in [0.2, 0.25) is 5.02 Å². The van der Waals surface area contributed by atoms with Crippen LogP contribution in [0.15, 0.2) is 78.0 Å². The summed E-state index contributed by atoms with van der Waals surface area (Å²) in [5.74, 6) is 1.50. The number of thioether (sulfide) groups is 1. The van der Waals surface area contributed by atoms with Gasteiger partial charge in [-0.25, -0.2) is 0 Å². The Morgan fingerprint density at radius 2 is 1.81 bits per heavy atom. The van der Waals surface area contributed by atoms with E-state index in [0.29, 0.717) is 16.0 Å². The summed E-state index contributed by atoms with van der Waals surface area (Å²) in [6.45, 7) is 1.99. The van der Waals surface area contributed by atoms with Gasteiger partial charge in [-0.3, -0.25) is 9.36 Å². The second-order valence-corrected chi connectivity index (χ2v) is 8.43. The van der Waals surface area contributed by atoms with Crippen molar-refractivity contribution in [2.75, 3.05) is 18.2 Å². The minimum absolute atomic E-state index is 0.114. The number of carbonyl (C=O) groups is 1. The summed E-state index contributed by atoms with van der Waals surface area (Å²) >= 11 is 7.40. The van der Waals surface area contributed by atoms with Crippen LogP contribution in [0.3, 0.4) is 0 Å². The molecule has 4 aromatic rings. The lowest BCUT2D eigenvalue weighted by Crippen LogP contribution is -2.14. The van der Waals surface area contributed by atoms with Crippen LogP contribution in [0.1, 0.15) is 5.56 Å². The van der Waals surface area contributed by atoms with Gasteiger partial charge in [-0.2, -0.15) is 0 Å². The van der Waals surface area contributed by atoms with E-state index in [-0.39, 0.29) is 11.7 Å². The molecule has 0 radical (unpaired) electrons. The van der Waals surface area contributed by atoms with Crippen molar-refractivity contribution in [3.63, 3.8) is 0 Å². The molecule has 0 saturated heterocycles. The number of rotatable bonds is 7. The summed E-state index contributed by atoms with van der Waals surface area (Å²) < 4.78 is 7.17. The molecule has 0 bridgehead atoms. The van der Waals surface area contributed by atoms with Crippen molar-refractivity contribution in [1.82, 2.24) is 14.8 Å². The van der Waals surface area contributed by atoms with Crippen molar-refractivity contribution in [2.24, 2.45) is 0 Å². The number of amides is 1. The van der Waals surface area contributed by atoms with Gasteiger partial charge in [0.05, 0.1) is 12.9 Å². The minimum Gasteiger partial charge on any atom is -0.497 e. The van der Waals surface area contributed by atoms with Crippen LogP contribution in [0.4, 0.5) is 5.69 Å². The number of ether oxygens (including phenoxy) is 1. The molecule has 0 fully saturated rings. The zero-order chi connectivity index (χ0) is 22.5. The Morgan fingerprint density at radius 1 is 1.06 bits per heavy atom. The smallest absolute Gasteiger partial charge is 0.234 e. The van der Waals surface area contributed by atoms with Gasteiger partial charge in [-0.1, -0.05) is 35.5 Å². The Labute approximate surface area is 195 Å². The molecule has 1 aromatic heterocycles. The molecule has 0 unspecified atom stereocenters. The first kappa shape index (κ1) is 21.9. The maximum Gasteiger partial charge on any atom is 0.234 e. The van der Waals surface area contributed by atoms with Gasteiger partial charge in [0.25, 0.3) is 0 Å². The fourth-order valence-electron chi connectivity index (χ4n) is 3.16. The number of nitrogens with one attached hydrogen (secondary N) is 1. The normalized spacial score (nSPS) is 10.7. The van der Waals surface area contributed by atoms with E-state index in [2.05, 4.69) is 15.5 Å². The highest BCUT2D eigenvalue weighted by atomic mass is 35.5. The molecular weight excluding hydrogens is 444 g/mol. The van der Waals surface area contributed by atoms with Gasteiger partial charge in [0.2, 0.25) is 5.91 Å². The lowest BCUT2D eigenvalue weighted by atomic mass is 10.2. The van der Waals surface area contributed by atoms with Gasteiger partial charge in [0, 0.05) is 22.0 Å². The van der Waals surface area contributed by atoms with E-state index < -0.39 is 0 Å². The number of halogens is 1. The summed E-state index contributed by atoms with van der Waals surface area (Å²) in [5, 5.41) is 12.9. The number of hydrogen-bond acceptors (Lipinski definition) is 5. The standard InChI is InChI=1S/C24H21ClN4O2S/c1-16-4-3-5-19(14-16)26-22(30)15-32-24-28-27-23(17-6-12-21(31-2)13-7-17)29(24)20-10-8-18(25)9-11-20/h3-14H,15H2,1-2H3,(H,26,30). The highest BCUT2D eigenvalue weighted by molar-refractivity contribution is 7.99. The Balaban J connectivity index is 1.60. The lowest BCUT2D eigenvalue weighted by Gasteiger charge is -2.11. The molecule has 162 valence electrons. The fourth-order valence-corrected chi connectivity index (χ4v) is 4.04. The van der Waals surface area contributed by atoms with E-state index in [9.17, 15) is 4.79 Å². The Morgan fingerprint density at radius 3 is 2.50 bits per heavy atom. The van der Waals surface area contributed by atoms with E-state index in [1.54, 1.807) is 7.11 Å². The highest BCUT2D eigenvalue weighted by Gasteiger charge is 2.17. The third kappa shape index (κ3) is 5.12. The Hall–Kier alpha value is -3.29. The molecule has 6 nitrogen and oxygen atoms in total. The lowest BCUT2D eigenvalue weighted by molar-refractivity contribution is -0.113. The average molecular weight is 465 g/mol. The number of aryl methyl sites for hydroxylation is 1. The second kappa shape index (κ2) is 9.89. The van der Waals surface area contributed by atoms with Gasteiger partial charge in [0.15, 0.2) is 11.0 Å². The van der Waals surface area contributed by atoms with Gasteiger partial charge >= 0.3 is 0 Å². The molecular formula is C24H21ClN4O2S. The van der Waals surface area contributed by atoms with Crippen molar-refractivity contribution in [3.05, 3.63) is 83.4 Å². The van der Waals surface area contributed by atoms with Crippen LogP contribution in [-0.2, 0) is 4.79 Å². The molecule has 1 amide bonds. The summed E-state index contributed by atoms with van der Waals surface area (Å²) in [4.78, 5) is 12.5. The number of anilines is 1. The van der Waals surface area contributed by atoms with Crippen LogP contribution < -0.4 is 10.1 Å². The molecule has 0 aliphatic carbocycles. The summed E-state index contributed by atoms with van der Waals surface area (Å²) in [5.41, 5.74) is 3.59. The van der Waals surface area contributed by atoms with Crippen molar-refractivity contribution in [1.29, 1.82) is 0 Å². The number of aromatic nitrogens is 3. The fraction of sp³-hybridized carbons (Fsp3) is 0.125. The van der Waals surface area contributed by atoms with E-state index in [1.165, 1.54) is 11.8 Å². The molecule has 0 saturated carbocycles. The first-order valence-corrected chi connectivity index (χ1v) is 11.2. The number of methoxy groups -OCH3 is 1. The van der Waals surface area contributed by atoms with E-state index in [4.69, 9.17) is 16.3 Å². The van der Waals surface area contributed by atoms with E-state index in [0.717, 1.165) is 28.3 Å². The molecule has 4 rings (SSSR count). The van der Waals surface area contributed by atoms with Gasteiger partial charge < -0.3 is 10.1 Å². The van der Waals surface area contributed by atoms with Crippen LogP contribution in [0, 0.1) is 6.92 Å². The maximum atomic E-state index is 12.5. The monoisotopic (exact) mass is 464 g/mol. The van der Waals surface area contributed by atoms with Crippen molar-refractivity contribution >= 4 is 35.0 Å². The molecule has 0 aliphatic rings. The second-order valence-electron chi connectivity index (χ2n) is 7.05. The van der Waals surface area contributed by atoms with Crippen molar-refractivity contribution in [3.8, 4) is 22.8 Å². The first-order chi connectivity index (χ1) is 15.5. The van der Waals surface area contributed by atoms with Crippen molar-refractivity contribution in [2.45, 2.75) is 12.1 Å².